The maximum absolute atomic E-state index is 13.8. The Hall–Kier alpha value is -3.81. The fourth-order valence-corrected chi connectivity index (χ4v) is 3.67. The Morgan fingerprint density at radius 1 is 1.12 bits per heavy atom. The van der Waals surface area contributed by atoms with Crippen LogP contribution in [0.1, 0.15) is 53.0 Å². The van der Waals surface area contributed by atoms with Gasteiger partial charge in [-0.25, -0.2) is 18.3 Å². The van der Waals surface area contributed by atoms with Crippen LogP contribution in [-0.4, -0.2) is 27.6 Å². The van der Waals surface area contributed by atoms with E-state index in [2.05, 4.69) is 15.4 Å². The Morgan fingerprint density at radius 3 is 2.42 bits per heavy atom. The van der Waals surface area contributed by atoms with Crippen molar-refractivity contribution in [3.05, 3.63) is 83.2 Å². The first-order valence-electron chi connectivity index (χ1n) is 10.6. The fourth-order valence-electron chi connectivity index (χ4n) is 3.67. The van der Waals surface area contributed by atoms with Crippen molar-refractivity contribution in [3.63, 3.8) is 0 Å². The zero-order chi connectivity index (χ0) is 23.5. The van der Waals surface area contributed by atoms with Crippen molar-refractivity contribution in [1.82, 2.24) is 19.9 Å². The number of hydrogen-bond acceptors (Lipinski definition) is 4. The van der Waals surface area contributed by atoms with Crippen LogP contribution in [0.4, 0.5) is 8.78 Å². The molecule has 0 saturated heterocycles. The van der Waals surface area contributed by atoms with E-state index in [-0.39, 0.29) is 22.9 Å². The lowest BCUT2D eigenvalue weighted by molar-refractivity contribution is 0.0936. The normalized spacial score (nSPS) is 12.2. The molecular formula is C25H24F2N4O2. The molecule has 0 spiro atoms. The van der Waals surface area contributed by atoms with Gasteiger partial charge in [0.1, 0.15) is 17.0 Å². The summed E-state index contributed by atoms with van der Waals surface area (Å²) in [6, 6.07) is 15.9. The lowest BCUT2D eigenvalue weighted by atomic mass is 10.0. The largest absolute Gasteiger partial charge is 0.497 e. The number of halogens is 2. The summed E-state index contributed by atoms with van der Waals surface area (Å²) in [4.78, 5) is 17.6. The molecule has 0 bridgehead atoms. The lowest BCUT2D eigenvalue weighted by Crippen LogP contribution is -2.28. The Kier molecular flexibility index (Phi) is 6.35. The molecule has 1 amide bonds. The van der Waals surface area contributed by atoms with Crippen LogP contribution in [0, 0.1) is 6.92 Å². The van der Waals surface area contributed by atoms with Gasteiger partial charge < -0.3 is 10.1 Å². The maximum atomic E-state index is 13.8. The first-order valence-corrected chi connectivity index (χ1v) is 10.6. The minimum Gasteiger partial charge on any atom is -0.497 e. The van der Waals surface area contributed by atoms with Gasteiger partial charge in [-0.1, -0.05) is 36.8 Å². The molecule has 170 valence electrons. The van der Waals surface area contributed by atoms with E-state index in [1.54, 1.807) is 31.4 Å². The molecule has 1 N–H and O–H groups in total. The summed E-state index contributed by atoms with van der Waals surface area (Å²) in [5.41, 5.74) is 2.91. The number of fused-ring (bicyclic) bond motifs is 1. The standard InChI is InChI=1S/C25H24F2N4O2/c1-4-20(16-7-5-15(2)6-8-16)30-25(32)19-14-28-31-22(23(26)27)13-21(29-24(19)31)17-9-11-18(33-3)12-10-17/h5-14,20,23H,4H2,1-3H3,(H,30,32)/t20-/m1/s1. The van der Waals surface area contributed by atoms with E-state index in [0.717, 1.165) is 15.6 Å². The summed E-state index contributed by atoms with van der Waals surface area (Å²) in [6.45, 7) is 3.96. The topological polar surface area (TPSA) is 68.5 Å². The highest BCUT2D eigenvalue weighted by molar-refractivity contribution is 6.00. The summed E-state index contributed by atoms with van der Waals surface area (Å²) >= 11 is 0. The number of alkyl halides is 2. The molecule has 1 atom stereocenters. The summed E-state index contributed by atoms with van der Waals surface area (Å²) in [6.07, 6.45) is -0.844. The number of methoxy groups -OCH3 is 1. The van der Waals surface area contributed by atoms with E-state index in [0.29, 0.717) is 23.4 Å². The highest BCUT2D eigenvalue weighted by Gasteiger charge is 2.23. The van der Waals surface area contributed by atoms with Crippen LogP contribution in [0.25, 0.3) is 16.9 Å². The average molecular weight is 450 g/mol. The maximum Gasteiger partial charge on any atom is 0.280 e. The van der Waals surface area contributed by atoms with Gasteiger partial charge in [-0.15, -0.1) is 0 Å². The number of amides is 1. The Bertz CT molecular complexity index is 1270. The smallest absolute Gasteiger partial charge is 0.280 e. The molecule has 6 nitrogen and oxygen atoms in total. The van der Waals surface area contributed by atoms with Crippen molar-refractivity contribution in [2.75, 3.05) is 7.11 Å². The third-order valence-electron chi connectivity index (χ3n) is 5.55. The number of nitrogens with zero attached hydrogens (tertiary/aromatic N) is 3. The second-order valence-electron chi connectivity index (χ2n) is 7.73. The van der Waals surface area contributed by atoms with E-state index >= 15 is 0 Å². The third-order valence-corrected chi connectivity index (χ3v) is 5.55. The van der Waals surface area contributed by atoms with Crippen LogP contribution >= 0.6 is 0 Å². The van der Waals surface area contributed by atoms with Crippen LogP contribution in [-0.2, 0) is 0 Å². The van der Waals surface area contributed by atoms with Crippen molar-refractivity contribution < 1.29 is 18.3 Å². The number of ether oxygens (including phenoxy) is 1. The van der Waals surface area contributed by atoms with Crippen molar-refractivity contribution in [2.24, 2.45) is 0 Å². The van der Waals surface area contributed by atoms with Gasteiger partial charge in [-0.2, -0.15) is 5.10 Å². The monoisotopic (exact) mass is 450 g/mol. The predicted octanol–water partition coefficient (Wildman–Crippen LogP) is 5.53. The highest BCUT2D eigenvalue weighted by atomic mass is 19.3. The number of carbonyl (C=O) groups is 1. The molecular weight excluding hydrogens is 426 g/mol. The summed E-state index contributed by atoms with van der Waals surface area (Å²) in [5.74, 6) is 0.220. The zero-order valence-corrected chi connectivity index (χ0v) is 18.5. The molecule has 0 aliphatic heterocycles. The average Bonchev–Trinajstić information content (AvgIpc) is 3.26. The second-order valence-corrected chi connectivity index (χ2v) is 7.73. The van der Waals surface area contributed by atoms with E-state index in [1.165, 1.54) is 12.3 Å². The van der Waals surface area contributed by atoms with Crippen molar-refractivity contribution >= 4 is 11.6 Å². The van der Waals surface area contributed by atoms with Crippen molar-refractivity contribution in [1.29, 1.82) is 0 Å². The summed E-state index contributed by atoms with van der Waals surface area (Å²) < 4.78 is 33.8. The van der Waals surface area contributed by atoms with E-state index in [9.17, 15) is 13.6 Å². The summed E-state index contributed by atoms with van der Waals surface area (Å²) in [7, 11) is 1.55. The van der Waals surface area contributed by atoms with Crippen LogP contribution in [0.3, 0.4) is 0 Å². The molecule has 4 rings (SSSR count). The van der Waals surface area contributed by atoms with Crippen molar-refractivity contribution in [2.45, 2.75) is 32.7 Å². The quantitative estimate of drug-likeness (QED) is 0.402. The van der Waals surface area contributed by atoms with Gasteiger partial charge >= 0.3 is 0 Å². The number of rotatable bonds is 7. The van der Waals surface area contributed by atoms with Crippen molar-refractivity contribution in [3.8, 4) is 17.0 Å². The molecule has 33 heavy (non-hydrogen) atoms. The Labute approximate surface area is 190 Å². The van der Waals surface area contributed by atoms with Gasteiger partial charge in [-0.3, -0.25) is 4.79 Å². The molecule has 2 aromatic carbocycles. The Balaban J connectivity index is 1.73. The fraction of sp³-hybridized carbons (Fsp3) is 0.240. The molecule has 0 aliphatic carbocycles. The van der Waals surface area contributed by atoms with Crippen LogP contribution in [0.2, 0.25) is 0 Å². The number of hydrogen-bond donors (Lipinski definition) is 1. The van der Waals surface area contributed by atoms with Gasteiger partial charge in [-0.05, 0) is 49.2 Å². The van der Waals surface area contributed by atoms with Gasteiger partial charge in [0.15, 0.2) is 5.65 Å². The molecule has 0 fully saturated rings. The molecule has 4 aromatic rings. The van der Waals surface area contributed by atoms with Gasteiger partial charge in [0.05, 0.1) is 25.0 Å². The molecule has 2 heterocycles. The van der Waals surface area contributed by atoms with E-state index in [1.807, 2.05) is 38.1 Å². The molecule has 0 aliphatic rings. The van der Waals surface area contributed by atoms with E-state index < -0.39 is 12.3 Å². The van der Waals surface area contributed by atoms with Gasteiger partial charge in [0, 0.05) is 5.56 Å². The number of aromatic nitrogens is 3. The molecule has 2 aromatic heterocycles. The molecule has 8 heteroatoms. The highest BCUT2D eigenvalue weighted by Crippen LogP contribution is 2.28. The second kappa shape index (κ2) is 9.36. The number of nitrogens with one attached hydrogen (secondary N) is 1. The zero-order valence-electron chi connectivity index (χ0n) is 18.5. The minimum absolute atomic E-state index is 0.0786. The number of aryl methyl sites for hydroxylation is 1. The molecule has 0 unspecified atom stereocenters. The third kappa shape index (κ3) is 4.55. The lowest BCUT2D eigenvalue weighted by Gasteiger charge is -2.17. The van der Waals surface area contributed by atoms with Gasteiger partial charge in [0.2, 0.25) is 0 Å². The van der Waals surface area contributed by atoms with Gasteiger partial charge in [0.25, 0.3) is 12.3 Å². The SMILES string of the molecule is CC[C@@H](NC(=O)c1cnn2c(C(F)F)cc(-c3ccc(OC)cc3)nc12)c1ccc(C)cc1. The first kappa shape index (κ1) is 22.4. The number of benzene rings is 2. The van der Waals surface area contributed by atoms with E-state index in [4.69, 9.17) is 4.74 Å². The number of carbonyl (C=O) groups excluding carboxylic acids is 1. The Morgan fingerprint density at radius 2 is 1.82 bits per heavy atom. The summed E-state index contributed by atoms with van der Waals surface area (Å²) in [5, 5.41) is 7.02. The molecule has 0 radical (unpaired) electrons. The predicted molar refractivity (Wildman–Crippen MR) is 122 cm³/mol. The molecule has 0 saturated carbocycles. The minimum atomic E-state index is -2.79. The van der Waals surface area contributed by atoms with Crippen LogP contribution in [0.5, 0.6) is 5.75 Å². The van der Waals surface area contributed by atoms with Crippen LogP contribution in [0.15, 0.2) is 60.8 Å². The van der Waals surface area contributed by atoms with Crippen LogP contribution < -0.4 is 10.1 Å². The first-order chi connectivity index (χ1) is 15.9.